The molecule has 8 nitrogen and oxygen atoms in total. The Labute approximate surface area is 158 Å². The van der Waals surface area contributed by atoms with Gasteiger partial charge in [-0.2, -0.15) is 5.10 Å². The highest BCUT2D eigenvalue weighted by Crippen LogP contribution is 2.31. The van der Waals surface area contributed by atoms with Crippen molar-refractivity contribution >= 4 is 23.5 Å². The summed E-state index contributed by atoms with van der Waals surface area (Å²) in [6.07, 6.45) is 0. The lowest BCUT2D eigenvalue weighted by molar-refractivity contribution is -0.139. The number of aromatic hydroxyl groups is 2. The summed E-state index contributed by atoms with van der Waals surface area (Å²) in [4.78, 5) is 24.0. The number of carboxylic acid groups (broad SMARTS) is 1. The Hall–Kier alpha value is -3.52. The van der Waals surface area contributed by atoms with Crippen molar-refractivity contribution in [2.45, 2.75) is 6.04 Å². The molecule has 0 unspecified atom stereocenters. The fraction of sp³-hybridized carbons (Fsp3) is 0.0556. The molecule has 0 aliphatic carbocycles. The Morgan fingerprint density at radius 1 is 1.04 bits per heavy atom. The lowest BCUT2D eigenvalue weighted by atomic mass is 10.1. The van der Waals surface area contributed by atoms with Crippen LogP contribution in [0.1, 0.15) is 22.1 Å². The van der Waals surface area contributed by atoms with Gasteiger partial charge in [-0.15, -0.1) is 0 Å². The largest absolute Gasteiger partial charge is 0.508 e. The molecular weight excluding hydrogens is 374 g/mol. The molecule has 0 saturated heterocycles. The topological polar surface area (TPSA) is 136 Å². The summed E-state index contributed by atoms with van der Waals surface area (Å²) in [5, 5.41) is 38.1. The molecule has 1 heterocycles. The SMILES string of the molecule is O=C(N[C@H](C(=O)O)c1ccc(Cl)cc1)c1[nH]nc(-c2ccc(O)cc2)c1O. The normalized spacial score (nSPS) is 11.7. The van der Waals surface area contributed by atoms with Crippen LogP contribution in [-0.4, -0.2) is 37.4 Å². The maximum atomic E-state index is 12.4. The predicted octanol–water partition coefficient (Wildman–Crippen LogP) is 2.70. The van der Waals surface area contributed by atoms with Crippen LogP contribution in [0.4, 0.5) is 0 Å². The number of hydrogen-bond acceptors (Lipinski definition) is 5. The van der Waals surface area contributed by atoms with Gasteiger partial charge in [0, 0.05) is 10.6 Å². The lowest BCUT2D eigenvalue weighted by Gasteiger charge is -2.14. The van der Waals surface area contributed by atoms with Gasteiger partial charge in [0.1, 0.15) is 11.4 Å². The molecule has 1 aromatic heterocycles. The predicted molar refractivity (Wildman–Crippen MR) is 96.6 cm³/mol. The number of phenols is 1. The molecule has 0 fully saturated rings. The monoisotopic (exact) mass is 387 g/mol. The molecule has 0 radical (unpaired) electrons. The van der Waals surface area contributed by atoms with Gasteiger partial charge in [0.05, 0.1) is 0 Å². The standard InChI is InChI=1S/C18H14ClN3O5/c19-11-5-1-10(2-6-11)14(18(26)27)20-17(25)15-16(24)13(21-22-15)9-3-7-12(23)8-4-9/h1-8,14,23-24H,(H,20,25)(H,21,22)(H,26,27)/t14-/m0/s1. The number of carbonyl (C=O) groups is 2. The van der Waals surface area contributed by atoms with E-state index >= 15 is 0 Å². The summed E-state index contributed by atoms with van der Waals surface area (Å²) in [7, 11) is 0. The Morgan fingerprint density at radius 2 is 1.67 bits per heavy atom. The molecule has 0 aliphatic heterocycles. The summed E-state index contributed by atoms with van der Waals surface area (Å²) >= 11 is 5.79. The number of benzene rings is 2. The maximum Gasteiger partial charge on any atom is 0.330 e. The minimum absolute atomic E-state index is 0.0407. The van der Waals surface area contributed by atoms with E-state index in [1.165, 1.54) is 48.5 Å². The molecule has 9 heteroatoms. The zero-order chi connectivity index (χ0) is 19.6. The molecule has 0 bridgehead atoms. The van der Waals surface area contributed by atoms with Gasteiger partial charge >= 0.3 is 5.97 Å². The highest BCUT2D eigenvalue weighted by Gasteiger charge is 2.26. The van der Waals surface area contributed by atoms with Crippen LogP contribution in [0.3, 0.4) is 0 Å². The minimum Gasteiger partial charge on any atom is -0.508 e. The number of hydrogen-bond donors (Lipinski definition) is 5. The van der Waals surface area contributed by atoms with Gasteiger partial charge in [-0.1, -0.05) is 23.7 Å². The zero-order valence-electron chi connectivity index (χ0n) is 13.7. The van der Waals surface area contributed by atoms with E-state index in [2.05, 4.69) is 15.5 Å². The second-order valence-corrected chi connectivity index (χ2v) is 6.08. The van der Waals surface area contributed by atoms with Gasteiger partial charge in [-0.25, -0.2) is 4.79 Å². The van der Waals surface area contributed by atoms with Crippen molar-refractivity contribution in [1.82, 2.24) is 15.5 Å². The van der Waals surface area contributed by atoms with Crippen LogP contribution in [0.15, 0.2) is 48.5 Å². The van der Waals surface area contributed by atoms with Crippen LogP contribution in [0.2, 0.25) is 5.02 Å². The van der Waals surface area contributed by atoms with E-state index in [1.54, 1.807) is 0 Å². The minimum atomic E-state index is -1.34. The third-order valence-corrected chi connectivity index (χ3v) is 4.09. The summed E-state index contributed by atoms with van der Waals surface area (Å²) < 4.78 is 0. The van der Waals surface area contributed by atoms with Crippen molar-refractivity contribution < 1.29 is 24.9 Å². The second-order valence-electron chi connectivity index (χ2n) is 5.64. The number of carboxylic acids is 1. The molecule has 3 aromatic rings. The Balaban J connectivity index is 1.86. The van der Waals surface area contributed by atoms with Gasteiger partial charge < -0.3 is 20.6 Å². The highest BCUT2D eigenvalue weighted by molar-refractivity contribution is 6.30. The first-order valence-corrected chi connectivity index (χ1v) is 8.10. The van der Waals surface area contributed by atoms with Crippen molar-refractivity contribution in [3.63, 3.8) is 0 Å². The summed E-state index contributed by atoms with van der Waals surface area (Å²) in [6.45, 7) is 0. The average Bonchev–Trinajstić information content (AvgIpc) is 3.02. The number of aromatic nitrogens is 2. The number of aromatic amines is 1. The van der Waals surface area contributed by atoms with Gasteiger partial charge in [0.2, 0.25) is 0 Å². The molecule has 5 N–H and O–H groups in total. The second kappa shape index (κ2) is 7.38. The van der Waals surface area contributed by atoms with Crippen molar-refractivity contribution in [1.29, 1.82) is 0 Å². The molecule has 27 heavy (non-hydrogen) atoms. The number of phenolic OH excluding ortho intramolecular Hbond substituents is 1. The Bertz CT molecular complexity index is 983. The molecule has 0 spiro atoms. The molecule has 1 atom stereocenters. The number of rotatable bonds is 5. The van der Waals surface area contributed by atoms with Crippen LogP contribution in [0, 0.1) is 0 Å². The quantitative estimate of drug-likeness (QED) is 0.456. The van der Waals surface area contributed by atoms with Gasteiger partial charge in [0.25, 0.3) is 5.91 Å². The number of aliphatic carboxylic acids is 1. The molecular formula is C18H14ClN3O5. The molecule has 0 saturated carbocycles. The summed E-state index contributed by atoms with van der Waals surface area (Å²) in [5.41, 5.74) is 0.600. The number of H-pyrrole nitrogens is 1. The van der Waals surface area contributed by atoms with E-state index in [9.17, 15) is 24.9 Å². The van der Waals surface area contributed by atoms with E-state index < -0.39 is 23.7 Å². The van der Waals surface area contributed by atoms with Crippen LogP contribution < -0.4 is 5.32 Å². The van der Waals surface area contributed by atoms with E-state index in [1.807, 2.05) is 0 Å². The number of amides is 1. The van der Waals surface area contributed by atoms with Crippen molar-refractivity contribution in [3.8, 4) is 22.8 Å². The third kappa shape index (κ3) is 3.85. The molecule has 138 valence electrons. The average molecular weight is 388 g/mol. The van der Waals surface area contributed by atoms with E-state index in [4.69, 9.17) is 11.6 Å². The molecule has 3 rings (SSSR count). The van der Waals surface area contributed by atoms with E-state index in [-0.39, 0.29) is 17.1 Å². The van der Waals surface area contributed by atoms with Gasteiger partial charge in [-0.05, 0) is 42.0 Å². The fourth-order valence-electron chi connectivity index (χ4n) is 2.46. The Morgan fingerprint density at radius 3 is 2.26 bits per heavy atom. The zero-order valence-corrected chi connectivity index (χ0v) is 14.4. The van der Waals surface area contributed by atoms with Crippen LogP contribution in [0.25, 0.3) is 11.3 Å². The van der Waals surface area contributed by atoms with Gasteiger partial charge in [0.15, 0.2) is 17.5 Å². The number of halogens is 1. The first-order chi connectivity index (χ1) is 12.9. The van der Waals surface area contributed by atoms with Crippen LogP contribution in [0.5, 0.6) is 11.5 Å². The molecule has 1 amide bonds. The van der Waals surface area contributed by atoms with Crippen molar-refractivity contribution in [2.24, 2.45) is 0 Å². The number of nitrogens with one attached hydrogen (secondary N) is 2. The van der Waals surface area contributed by atoms with E-state index in [0.717, 1.165) is 0 Å². The van der Waals surface area contributed by atoms with E-state index in [0.29, 0.717) is 16.1 Å². The maximum absolute atomic E-state index is 12.4. The summed E-state index contributed by atoms with van der Waals surface area (Å²) in [5.74, 6) is -2.51. The smallest absolute Gasteiger partial charge is 0.330 e. The fourth-order valence-corrected chi connectivity index (χ4v) is 2.59. The first kappa shape index (κ1) is 18.3. The lowest BCUT2D eigenvalue weighted by Crippen LogP contribution is -2.34. The van der Waals surface area contributed by atoms with Crippen LogP contribution >= 0.6 is 11.6 Å². The Kier molecular flexibility index (Phi) is 5.00. The van der Waals surface area contributed by atoms with Crippen LogP contribution in [-0.2, 0) is 4.79 Å². The highest BCUT2D eigenvalue weighted by atomic mass is 35.5. The van der Waals surface area contributed by atoms with Crippen molar-refractivity contribution in [3.05, 3.63) is 64.8 Å². The number of carbonyl (C=O) groups excluding carboxylic acids is 1. The number of nitrogens with zero attached hydrogens (tertiary/aromatic N) is 1. The molecule has 2 aromatic carbocycles. The van der Waals surface area contributed by atoms with Crippen molar-refractivity contribution in [2.75, 3.05) is 0 Å². The van der Waals surface area contributed by atoms with Gasteiger partial charge in [-0.3, -0.25) is 9.89 Å². The molecule has 0 aliphatic rings. The summed E-state index contributed by atoms with van der Waals surface area (Å²) in [6, 6.07) is 10.5. The first-order valence-electron chi connectivity index (χ1n) is 7.72. The third-order valence-electron chi connectivity index (χ3n) is 3.83.